The van der Waals surface area contributed by atoms with E-state index in [-0.39, 0.29) is 0 Å². The van der Waals surface area contributed by atoms with Crippen LogP contribution in [0.15, 0.2) is 0 Å². The smallest absolute Gasteiger partial charge is 0.154 e. The van der Waals surface area contributed by atoms with Crippen LogP contribution in [0.5, 0.6) is 0 Å². The van der Waals surface area contributed by atoms with Gasteiger partial charge in [0.15, 0.2) is 5.82 Å². The summed E-state index contributed by atoms with van der Waals surface area (Å²) in [7, 11) is 2.05. The quantitative estimate of drug-likeness (QED) is 0.848. The van der Waals surface area contributed by atoms with Gasteiger partial charge in [-0.3, -0.25) is 4.68 Å². The van der Waals surface area contributed by atoms with Crippen LogP contribution in [0.25, 0.3) is 0 Å². The van der Waals surface area contributed by atoms with Gasteiger partial charge in [-0.2, -0.15) is 5.10 Å². The highest BCUT2D eigenvalue weighted by atomic mass is 15.3. The van der Waals surface area contributed by atoms with E-state index in [0.717, 1.165) is 18.9 Å². The Bertz CT molecular complexity index is 392. The first-order chi connectivity index (χ1) is 8.25. The zero-order valence-corrected chi connectivity index (χ0v) is 10.8. The first-order valence-corrected chi connectivity index (χ1v) is 6.87. The summed E-state index contributed by atoms with van der Waals surface area (Å²) in [6.07, 6.45) is 5.25. The normalized spacial score (nSPS) is 30.2. The van der Waals surface area contributed by atoms with Gasteiger partial charge in [0.25, 0.3) is 0 Å². The van der Waals surface area contributed by atoms with Gasteiger partial charge in [-0.1, -0.05) is 19.8 Å². The topological polar surface area (TPSA) is 42.7 Å². The minimum absolute atomic E-state index is 0.544. The molecule has 0 amide bonds. The third kappa shape index (κ3) is 1.99. The van der Waals surface area contributed by atoms with Gasteiger partial charge in [-0.05, 0) is 25.3 Å². The van der Waals surface area contributed by atoms with Crippen LogP contribution < -0.4 is 5.32 Å². The Kier molecular flexibility index (Phi) is 2.90. The van der Waals surface area contributed by atoms with Gasteiger partial charge in [0.2, 0.25) is 0 Å². The Labute approximate surface area is 103 Å². The molecule has 1 aromatic heterocycles. The molecule has 1 aromatic rings. The Morgan fingerprint density at radius 1 is 1.24 bits per heavy atom. The number of aromatic nitrogens is 3. The SMILES string of the molecule is CC1CNCC1c1nc(C2CCCC2)nn1C. The van der Waals surface area contributed by atoms with E-state index in [0.29, 0.717) is 17.8 Å². The van der Waals surface area contributed by atoms with E-state index in [1.54, 1.807) is 0 Å². The minimum Gasteiger partial charge on any atom is -0.316 e. The van der Waals surface area contributed by atoms with Crippen molar-refractivity contribution in [3.8, 4) is 0 Å². The fourth-order valence-corrected chi connectivity index (χ4v) is 3.25. The molecule has 0 spiro atoms. The highest BCUT2D eigenvalue weighted by Crippen LogP contribution is 2.34. The number of hydrogen-bond donors (Lipinski definition) is 1. The van der Waals surface area contributed by atoms with Crippen molar-refractivity contribution < 1.29 is 0 Å². The van der Waals surface area contributed by atoms with E-state index in [4.69, 9.17) is 4.98 Å². The molecule has 2 aliphatic rings. The summed E-state index contributed by atoms with van der Waals surface area (Å²) in [5.41, 5.74) is 0. The number of nitrogens with one attached hydrogen (secondary N) is 1. The third-order valence-corrected chi connectivity index (χ3v) is 4.38. The number of hydrogen-bond acceptors (Lipinski definition) is 3. The van der Waals surface area contributed by atoms with Crippen molar-refractivity contribution in [1.29, 1.82) is 0 Å². The van der Waals surface area contributed by atoms with Crippen LogP contribution in [0.2, 0.25) is 0 Å². The lowest BCUT2D eigenvalue weighted by molar-refractivity contribution is 0.518. The summed E-state index contributed by atoms with van der Waals surface area (Å²) in [5, 5.41) is 8.09. The van der Waals surface area contributed by atoms with Crippen molar-refractivity contribution in [2.75, 3.05) is 13.1 Å². The highest BCUT2D eigenvalue weighted by Gasteiger charge is 2.30. The van der Waals surface area contributed by atoms with Crippen LogP contribution >= 0.6 is 0 Å². The molecule has 4 heteroatoms. The minimum atomic E-state index is 0.544. The number of aryl methyl sites for hydroxylation is 1. The van der Waals surface area contributed by atoms with Crippen LogP contribution in [0.3, 0.4) is 0 Å². The van der Waals surface area contributed by atoms with Crippen LogP contribution in [0.1, 0.15) is 56.1 Å². The lowest BCUT2D eigenvalue weighted by Gasteiger charge is -2.12. The van der Waals surface area contributed by atoms with E-state index in [2.05, 4.69) is 17.3 Å². The molecule has 1 aliphatic heterocycles. The zero-order valence-electron chi connectivity index (χ0n) is 10.8. The van der Waals surface area contributed by atoms with Crippen molar-refractivity contribution in [1.82, 2.24) is 20.1 Å². The molecule has 4 nitrogen and oxygen atoms in total. The summed E-state index contributed by atoms with van der Waals surface area (Å²) in [6, 6.07) is 0. The maximum Gasteiger partial charge on any atom is 0.154 e. The Morgan fingerprint density at radius 2 is 2.00 bits per heavy atom. The molecule has 2 heterocycles. The van der Waals surface area contributed by atoms with E-state index in [1.165, 1.54) is 31.5 Å². The van der Waals surface area contributed by atoms with Gasteiger partial charge in [-0.15, -0.1) is 0 Å². The van der Waals surface area contributed by atoms with E-state index in [1.807, 2.05) is 11.7 Å². The van der Waals surface area contributed by atoms with Crippen molar-refractivity contribution in [2.45, 2.75) is 44.4 Å². The lowest BCUT2D eigenvalue weighted by Crippen LogP contribution is -2.13. The summed E-state index contributed by atoms with van der Waals surface area (Å²) in [4.78, 5) is 4.84. The summed E-state index contributed by atoms with van der Waals surface area (Å²) in [6.45, 7) is 4.46. The average molecular weight is 234 g/mol. The van der Waals surface area contributed by atoms with Crippen LogP contribution in [0, 0.1) is 5.92 Å². The van der Waals surface area contributed by atoms with Crippen LogP contribution in [0.4, 0.5) is 0 Å². The summed E-state index contributed by atoms with van der Waals surface area (Å²) in [5.74, 6) is 4.13. The monoisotopic (exact) mass is 234 g/mol. The van der Waals surface area contributed by atoms with Crippen LogP contribution in [-0.4, -0.2) is 27.9 Å². The third-order valence-electron chi connectivity index (χ3n) is 4.38. The second-order valence-corrected chi connectivity index (χ2v) is 5.68. The second kappa shape index (κ2) is 4.41. The van der Waals surface area contributed by atoms with Gasteiger partial charge in [0.1, 0.15) is 5.82 Å². The lowest BCUT2D eigenvalue weighted by atomic mass is 9.97. The molecule has 94 valence electrons. The van der Waals surface area contributed by atoms with Crippen molar-refractivity contribution in [3.63, 3.8) is 0 Å². The maximum absolute atomic E-state index is 4.84. The predicted octanol–water partition coefficient (Wildman–Crippen LogP) is 1.80. The van der Waals surface area contributed by atoms with E-state index >= 15 is 0 Å². The zero-order chi connectivity index (χ0) is 11.8. The molecule has 1 saturated carbocycles. The van der Waals surface area contributed by atoms with Crippen molar-refractivity contribution in [2.24, 2.45) is 13.0 Å². The van der Waals surface area contributed by atoms with E-state index in [9.17, 15) is 0 Å². The molecule has 0 radical (unpaired) electrons. The van der Waals surface area contributed by atoms with Gasteiger partial charge < -0.3 is 5.32 Å². The van der Waals surface area contributed by atoms with Gasteiger partial charge in [-0.25, -0.2) is 4.98 Å². The molecule has 3 rings (SSSR count). The Balaban J connectivity index is 1.84. The predicted molar refractivity (Wildman–Crippen MR) is 67.0 cm³/mol. The first-order valence-electron chi connectivity index (χ1n) is 6.87. The van der Waals surface area contributed by atoms with Crippen LogP contribution in [-0.2, 0) is 7.05 Å². The van der Waals surface area contributed by atoms with Gasteiger partial charge in [0, 0.05) is 25.4 Å². The highest BCUT2D eigenvalue weighted by molar-refractivity contribution is 5.08. The number of nitrogens with zero attached hydrogens (tertiary/aromatic N) is 3. The molecular formula is C13H22N4. The molecule has 2 fully saturated rings. The fourth-order valence-electron chi connectivity index (χ4n) is 3.25. The average Bonchev–Trinajstić information content (AvgIpc) is 2.98. The number of rotatable bonds is 2. The molecule has 2 unspecified atom stereocenters. The maximum atomic E-state index is 4.84. The molecular weight excluding hydrogens is 212 g/mol. The Morgan fingerprint density at radius 3 is 2.65 bits per heavy atom. The van der Waals surface area contributed by atoms with Crippen molar-refractivity contribution >= 4 is 0 Å². The largest absolute Gasteiger partial charge is 0.316 e. The van der Waals surface area contributed by atoms with Gasteiger partial charge in [0.05, 0.1) is 0 Å². The molecule has 1 saturated heterocycles. The first kappa shape index (κ1) is 11.2. The van der Waals surface area contributed by atoms with Crippen molar-refractivity contribution in [3.05, 3.63) is 11.6 Å². The molecule has 0 bridgehead atoms. The standard InChI is InChI=1S/C13H22N4/c1-9-7-14-8-11(9)13-15-12(16-17(13)2)10-5-3-4-6-10/h9-11,14H,3-8H2,1-2H3. The summed E-state index contributed by atoms with van der Waals surface area (Å²) >= 11 is 0. The molecule has 0 aromatic carbocycles. The molecule has 1 aliphatic carbocycles. The Hall–Kier alpha value is -0.900. The van der Waals surface area contributed by atoms with Gasteiger partial charge >= 0.3 is 0 Å². The fraction of sp³-hybridized carbons (Fsp3) is 0.846. The second-order valence-electron chi connectivity index (χ2n) is 5.68. The molecule has 2 atom stereocenters. The van der Waals surface area contributed by atoms with E-state index < -0.39 is 0 Å². The molecule has 17 heavy (non-hydrogen) atoms. The summed E-state index contributed by atoms with van der Waals surface area (Å²) < 4.78 is 2.02. The molecule has 1 N–H and O–H groups in total.